The smallest absolute Gasteiger partial charge is 0.389 e. The summed E-state index contributed by atoms with van der Waals surface area (Å²) in [5.41, 5.74) is 1.19. The number of pyridine rings is 2. The second kappa shape index (κ2) is 27.4. The average Bonchev–Trinajstić information content (AvgIpc) is 3.26. The largest absolute Gasteiger partial charge is 0.480 e. The Morgan fingerprint density at radius 1 is 0.824 bits per heavy atom. The molecule has 0 saturated heterocycles. The first kappa shape index (κ1) is 56.9. The van der Waals surface area contributed by atoms with Gasteiger partial charge in [0.25, 0.3) is 17.4 Å². The lowest BCUT2D eigenvalue weighted by Crippen LogP contribution is -2.43. The fourth-order valence-corrected chi connectivity index (χ4v) is 6.02. The minimum absolute atomic E-state index is 0.149. The van der Waals surface area contributed by atoms with E-state index in [2.05, 4.69) is 35.2 Å². The molecule has 14 nitrogen and oxygen atoms in total. The summed E-state index contributed by atoms with van der Waals surface area (Å²) in [5.74, 6) is -9.10. The molecule has 5 rings (SSSR count). The van der Waals surface area contributed by atoms with E-state index in [0.717, 1.165) is 35.3 Å². The summed E-state index contributed by atoms with van der Waals surface area (Å²) in [6.07, 6.45) is 4.51. The van der Waals surface area contributed by atoms with Crippen LogP contribution in [0.1, 0.15) is 101 Å². The van der Waals surface area contributed by atoms with Gasteiger partial charge in [-0.3, -0.25) is 33.7 Å². The summed E-state index contributed by atoms with van der Waals surface area (Å²) >= 11 is 0. The van der Waals surface area contributed by atoms with Crippen LogP contribution in [0.15, 0.2) is 82.9 Å². The van der Waals surface area contributed by atoms with E-state index in [1.54, 1.807) is 13.8 Å². The highest BCUT2D eigenvalue weighted by molar-refractivity contribution is 5.97. The number of alkyl halides is 3. The number of carbonyl (C=O) groups excluding carboxylic acids is 2. The summed E-state index contributed by atoms with van der Waals surface area (Å²) in [6.45, 7) is 8.46. The molecule has 0 radical (unpaired) electrons. The Hall–Kier alpha value is -7.19. The Kier molecular flexibility index (Phi) is 23.0. The number of carboxylic acids is 2. The number of hydrogen-bond donors (Lipinski definition) is 4. The fraction of sp³-hybridized carbons (Fsp3) is 0.362. The molecule has 0 aliphatic heterocycles. The first-order valence-electron chi connectivity index (χ1n) is 21.1. The molecule has 0 fully saturated rings. The third-order valence-electron chi connectivity index (χ3n) is 9.50. The molecule has 2 amide bonds. The van der Waals surface area contributed by atoms with Crippen molar-refractivity contribution in [3.05, 3.63) is 162 Å². The van der Waals surface area contributed by atoms with E-state index in [9.17, 15) is 64.6 Å². The SMILES string of the molecule is CCCCC(F)(F)F.CCCc1c(C)cc(F)c(C(=O)NC(Cc2ccnc(Cn3c(=O)ccn(C)c3=O)c2)C(=O)O)c1F.CCc1cncc(C)c1.O=C(O)CNC(=O)c1c(F)cccc1F. The second-order valence-corrected chi connectivity index (χ2v) is 15.1. The maximum Gasteiger partial charge on any atom is 0.389 e. The quantitative estimate of drug-likeness (QED) is 0.0765. The van der Waals surface area contributed by atoms with Crippen LogP contribution in [-0.4, -0.2) is 71.8 Å². The van der Waals surface area contributed by atoms with Gasteiger partial charge >= 0.3 is 23.8 Å². The maximum absolute atomic E-state index is 15.0. The summed E-state index contributed by atoms with van der Waals surface area (Å²) in [6, 6.07) is 8.88. The third kappa shape index (κ3) is 18.6. The van der Waals surface area contributed by atoms with Crippen LogP contribution in [0.25, 0.3) is 0 Å². The highest BCUT2D eigenvalue weighted by Gasteiger charge is 2.28. The lowest BCUT2D eigenvalue weighted by atomic mass is 9.98. The minimum atomic E-state index is -3.95. The van der Waals surface area contributed by atoms with E-state index < -0.39 is 94.6 Å². The lowest BCUT2D eigenvalue weighted by Gasteiger charge is -2.17. The highest BCUT2D eigenvalue weighted by atomic mass is 19.4. The van der Waals surface area contributed by atoms with Crippen molar-refractivity contribution in [2.45, 2.75) is 98.3 Å². The first-order chi connectivity index (χ1) is 31.9. The number of aryl methyl sites for hydroxylation is 4. The molecule has 3 aromatic heterocycles. The third-order valence-corrected chi connectivity index (χ3v) is 9.50. The minimum Gasteiger partial charge on any atom is -0.480 e. The number of rotatable bonds is 15. The van der Waals surface area contributed by atoms with Crippen LogP contribution in [0, 0.1) is 37.1 Å². The number of nitrogens with one attached hydrogen (secondary N) is 2. The molecule has 21 heteroatoms. The Bertz CT molecular complexity index is 2620. The number of carbonyl (C=O) groups is 4. The zero-order valence-electron chi connectivity index (χ0n) is 38.1. The van der Waals surface area contributed by atoms with E-state index in [1.807, 2.05) is 24.6 Å². The molecule has 368 valence electrons. The molecule has 0 aliphatic rings. The van der Waals surface area contributed by atoms with Gasteiger partial charge in [-0.15, -0.1) is 0 Å². The van der Waals surface area contributed by atoms with Gasteiger partial charge in [-0.1, -0.05) is 45.7 Å². The van der Waals surface area contributed by atoms with Crippen LogP contribution in [-0.2, 0) is 42.4 Å². The van der Waals surface area contributed by atoms with Crippen molar-refractivity contribution in [3.63, 3.8) is 0 Å². The van der Waals surface area contributed by atoms with Crippen LogP contribution in [0.5, 0.6) is 0 Å². The van der Waals surface area contributed by atoms with Gasteiger partial charge in [-0.25, -0.2) is 27.2 Å². The monoisotopic (exact) mass is 962 g/mol. The van der Waals surface area contributed by atoms with Crippen molar-refractivity contribution in [3.8, 4) is 0 Å². The number of nitrogens with zero attached hydrogens (tertiary/aromatic N) is 4. The van der Waals surface area contributed by atoms with Gasteiger partial charge in [0.15, 0.2) is 0 Å². The standard InChI is InChI=1S/C25H26F2N4O5.C9H7F2NO3.C8H11N.C5H9F3/c1-4-5-17-14(2)10-18(26)21(22(17)27)23(33)29-19(24(34)35)12-15-6-8-28-16(11-15)13-31-20(32)7-9-30(3)25(31)36;10-5-2-1-3-6(11)8(5)9(15)12-4-7(13)14;1-3-8-4-7(2)5-9-6-8;1-2-3-4-5(6,7)8/h6-11,19H,4-5,12-13H2,1-3H3,(H,29,33)(H,34,35);1-3H,4H2,(H,12,15)(H,13,14);4-6H,3H2,1-2H3;2-4H2,1H3. The number of amides is 2. The predicted octanol–water partition coefficient (Wildman–Crippen LogP) is 7.43. The molecule has 0 spiro atoms. The number of benzene rings is 2. The van der Waals surface area contributed by atoms with E-state index in [1.165, 1.54) is 53.3 Å². The molecule has 68 heavy (non-hydrogen) atoms. The lowest BCUT2D eigenvalue weighted by molar-refractivity contribution is -0.139. The van der Waals surface area contributed by atoms with Gasteiger partial charge in [-0.05, 0) is 91.3 Å². The Morgan fingerprint density at radius 2 is 1.49 bits per heavy atom. The van der Waals surface area contributed by atoms with E-state index in [4.69, 9.17) is 5.11 Å². The van der Waals surface area contributed by atoms with Crippen LogP contribution in [0.3, 0.4) is 0 Å². The van der Waals surface area contributed by atoms with Gasteiger partial charge in [0.05, 0.1) is 12.2 Å². The maximum atomic E-state index is 15.0. The van der Waals surface area contributed by atoms with Gasteiger partial charge in [0.1, 0.15) is 47.0 Å². The van der Waals surface area contributed by atoms with E-state index in [0.29, 0.717) is 36.1 Å². The molecule has 0 aliphatic carbocycles. The van der Waals surface area contributed by atoms with Crippen LogP contribution >= 0.6 is 0 Å². The second-order valence-electron chi connectivity index (χ2n) is 15.1. The number of hydrogen-bond acceptors (Lipinski definition) is 8. The van der Waals surface area contributed by atoms with Gasteiger partial charge in [-0.2, -0.15) is 13.2 Å². The van der Waals surface area contributed by atoms with Crippen molar-refractivity contribution < 1.29 is 60.1 Å². The van der Waals surface area contributed by atoms with Crippen molar-refractivity contribution in [2.75, 3.05) is 6.54 Å². The highest BCUT2D eigenvalue weighted by Crippen LogP contribution is 2.23. The Morgan fingerprint density at radius 3 is 2.01 bits per heavy atom. The molecule has 0 saturated carbocycles. The zero-order valence-corrected chi connectivity index (χ0v) is 38.1. The van der Waals surface area contributed by atoms with Crippen molar-refractivity contribution in [1.29, 1.82) is 0 Å². The predicted molar refractivity (Wildman–Crippen MR) is 237 cm³/mol. The normalized spacial score (nSPS) is 11.1. The molecule has 2 aromatic carbocycles. The average molecular weight is 963 g/mol. The molecule has 1 unspecified atom stereocenters. The summed E-state index contributed by atoms with van der Waals surface area (Å²) in [5, 5.41) is 22.0. The summed E-state index contributed by atoms with van der Waals surface area (Å²) in [7, 11) is 1.49. The molecule has 3 heterocycles. The van der Waals surface area contributed by atoms with Gasteiger partial charge < -0.3 is 25.4 Å². The number of unbranched alkanes of at least 4 members (excludes halogenated alkanes) is 1. The zero-order chi connectivity index (χ0) is 51.3. The summed E-state index contributed by atoms with van der Waals surface area (Å²) in [4.78, 5) is 78.3. The number of aromatic nitrogens is 4. The molecule has 1 atom stereocenters. The molecular formula is C47H53F7N6O8. The van der Waals surface area contributed by atoms with Crippen LogP contribution in [0.4, 0.5) is 30.7 Å². The fourth-order valence-electron chi connectivity index (χ4n) is 6.02. The number of aliphatic carboxylic acids is 2. The molecule has 0 bridgehead atoms. The Labute approximate surface area is 386 Å². The number of halogens is 7. The first-order valence-corrected chi connectivity index (χ1v) is 21.1. The molecular weight excluding hydrogens is 910 g/mol. The van der Waals surface area contributed by atoms with Crippen molar-refractivity contribution in [1.82, 2.24) is 29.7 Å². The number of carboxylic acid groups (broad SMARTS) is 2. The van der Waals surface area contributed by atoms with Gasteiger partial charge in [0, 0.05) is 50.7 Å². The molecule has 5 aromatic rings. The topological polar surface area (TPSA) is 203 Å². The van der Waals surface area contributed by atoms with E-state index in [-0.39, 0.29) is 24.9 Å². The van der Waals surface area contributed by atoms with Crippen molar-refractivity contribution >= 4 is 23.8 Å². The van der Waals surface area contributed by atoms with Crippen LogP contribution < -0.4 is 21.9 Å². The van der Waals surface area contributed by atoms with E-state index >= 15 is 0 Å². The molecule has 4 N–H and O–H groups in total. The van der Waals surface area contributed by atoms with Gasteiger partial charge in [0.2, 0.25) is 0 Å². The van der Waals surface area contributed by atoms with Crippen molar-refractivity contribution in [2.24, 2.45) is 7.05 Å². The Balaban J connectivity index is 0.000000400. The summed E-state index contributed by atoms with van der Waals surface area (Å²) < 4.78 is 91.3. The van der Waals surface area contributed by atoms with Crippen LogP contribution in [0.2, 0.25) is 0 Å².